The van der Waals surface area contributed by atoms with Crippen molar-refractivity contribution < 1.29 is 0 Å². The summed E-state index contributed by atoms with van der Waals surface area (Å²) in [4.78, 5) is 8.47. The molecule has 3 aromatic rings. The van der Waals surface area contributed by atoms with Crippen molar-refractivity contribution in [2.75, 3.05) is 5.32 Å². The molecule has 5 heteroatoms. The lowest BCUT2D eigenvalue weighted by atomic mass is 10.2. The first-order valence-corrected chi connectivity index (χ1v) is 5.84. The van der Waals surface area contributed by atoms with Gasteiger partial charge in [-0.15, -0.1) is 12.4 Å². The van der Waals surface area contributed by atoms with Gasteiger partial charge in [-0.1, -0.05) is 18.2 Å². The zero-order valence-corrected chi connectivity index (χ0v) is 11.3. The van der Waals surface area contributed by atoms with Crippen molar-refractivity contribution in [3.8, 4) is 6.07 Å². The number of rotatable bonds is 2. The Bertz CT molecular complexity index is 775. The van der Waals surface area contributed by atoms with Gasteiger partial charge in [-0.25, -0.2) is 9.97 Å². The van der Waals surface area contributed by atoms with E-state index < -0.39 is 0 Å². The third kappa shape index (κ3) is 2.68. The maximum absolute atomic E-state index is 8.90. The Morgan fingerprint density at radius 1 is 1.00 bits per heavy atom. The van der Waals surface area contributed by atoms with Crippen LogP contribution in [0.15, 0.2) is 54.9 Å². The van der Waals surface area contributed by atoms with Gasteiger partial charge in [-0.05, 0) is 30.3 Å². The number of aromatic nitrogens is 2. The zero-order valence-electron chi connectivity index (χ0n) is 10.4. The average molecular weight is 283 g/mol. The summed E-state index contributed by atoms with van der Waals surface area (Å²) >= 11 is 0. The third-order valence-corrected chi connectivity index (χ3v) is 2.80. The molecule has 0 atom stereocenters. The SMILES string of the molecule is Cl.N#Cc1cccc(Nc2ncnc3ccccc23)c1. The highest BCUT2D eigenvalue weighted by atomic mass is 35.5. The molecule has 0 amide bonds. The smallest absolute Gasteiger partial charge is 0.141 e. The number of para-hydroxylation sites is 1. The summed E-state index contributed by atoms with van der Waals surface area (Å²) in [6.07, 6.45) is 1.53. The van der Waals surface area contributed by atoms with Gasteiger partial charge in [0.25, 0.3) is 0 Å². The number of benzene rings is 2. The lowest BCUT2D eigenvalue weighted by Gasteiger charge is -2.08. The number of nitriles is 1. The van der Waals surface area contributed by atoms with Crippen LogP contribution >= 0.6 is 12.4 Å². The predicted molar refractivity (Wildman–Crippen MR) is 81.2 cm³/mol. The predicted octanol–water partition coefficient (Wildman–Crippen LogP) is 3.67. The third-order valence-electron chi connectivity index (χ3n) is 2.80. The van der Waals surface area contributed by atoms with Crippen LogP contribution in [-0.4, -0.2) is 9.97 Å². The van der Waals surface area contributed by atoms with E-state index in [1.54, 1.807) is 12.1 Å². The topological polar surface area (TPSA) is 61.6 Å². The summed E-state index contributed by atoms with van der Waals surface area (Å²) in [5.74, 6) is 0.737. The minimum Gasteiger partial charge on any atom is -0.340 e. The molecule has 0 aliphatic heterocycles. The van der Waals surface area contributed by atoms with E-state index in [1.165, 1.54) is 6.33 Å². The van der Waals surface area contributed by atoms with Gasteiger partial charge in [0.15, 0.2) is 0 Å². The molecule has 0 unspecified atom stereocenters. The van der Waals surface area contributed by atoms with E-state index in [9.17, 15) is 0 Å². The van der Waals surface area contributed by atoms with Gasteiger partial charge < -0.3 is 5.32 Å². The molecule has 4 nitrogen and oxygen atoms in total. The summed E-state index contributed by atoms with van der Waals surface area (Å²) in [5.41, 5.74) is 2.34. The first kappa shape index (κ1) is 13.8. The lowest BCUT2D eigenvalue weighted by molar-refractivity contribution is 1.22. The van der Waals surface area contributed by atoms with Crippen LogP contribution < -0.4 is 5.32 Å². The first-order valence-electron chi connectivity index (χ1n) is 5.84. The van der Waals surface area contributed by atoms with E-state index in [0.29, 0.717) is 5.56 Å². The van der Waals surface area contributed by atoms with Crippen LogP contribution in [0, 0.1) is 11.3 Å². The summed E-state index contributed by atoms with van der Waals surface area (Å²) in [5, 5.41) is 13.1. The van der Waals surface area contributed by atoms with Gasteiger partial charge >= 0.3 is 0 Å². The molecule has 0 aliphatic rings. The fraction of sp³-hybridized carbons (Fsp3) is 0. The molecule has 0 aliphatic carbocycles. The zero-order chi connectivity index (χ0) is 13.1. The van der Waals surface area contributed by atoms with E-state index >= 15 is 0 Å². The highest BCUT2D eigenvalue weighted by Gasteiger charge is 2.03. The molecule has 20 heavy (non-hydrogen) atoms. The first-order chi connectivity index (χ1) is 9.36. The Morgan fingerprint density at radius 2 is 1.85 bits per heavy atom. The Labute approximate surface area is 122 Å². The second-order valence-electron chi connectivity index (χ2n) is 4.06. The summed E-state index contributed by atoms with van der Waals surface area (Å²) in [6.45, 7) is 0. The standard InChI is InChI=1S/C15H10N4.ClH/c16-9-11-4-3-5-12(8-11)19-15-13-6-1-2-7-14(13)17-10-18-15;/h1-8,10H,(H,17,18,19);1H. The number of halogens is 1. The van der Waals surface area contributed by atoms with Crippen LogP contribution in [0.2, 0.25) is 0 Å². The minimum atomic E-state index is 0. The highest BCUT2D eigenvalue weighted by Crippen LogP contribution is 2.22. The number of fused-ring (bicyclic) bond motifs is 1. The molecule has 2 aromatic carbocycles. The normalized spacial score (nSPS) is 9.55. The van der Waals surface area contributed by atoms with Crippen LogP contribution in [0.4, 0.5) is 11.5 Å². The maximum atomic E-state index is 8.90. The Balaban J connectivity index is 0.00000147. The average Bonchev–Trinajstić information content (AvgIpc) is 2.48. The van der Waals surface area contributed by atoms with Crippen molar-refractivity contribution in [1.29, 1.82) is 5.26 Å². The van der Waals surface area contributed by atoms with Crippen LogP contribution in [-0.2, 0) is 0 Å². The molecule has 0 saturated heterocycles. The Morgan fingerprint density at radius 3 is 2.70 bits per heavy atom. The highest BCUT2D eigenvalue weighted by molar-refractivity contribution is 5.90. The number of hydrogen-bond acceptors (Lipinski definition) is 4. The molecule has 1 N–H and O–H groups in total. The number of nitrogens with one attached hydrogen (secondary N) is 1. The van der Waals surface area contributed by atoms with Crippen LogP contribution in [0.25, 0.3) is 10.9 Å². The van der Waals surface area contributed by atoms with Crippen molar-refractivity contribution >= 4 is 34.8 Å². The van der Waals surface area contributed by atoms with E-state index in [-0.39, 0.29) is 12.4 Å². The number of nitrogens with zero attached hydrogens (tertiary/aromatic N) is 3. The quantitative estimate of drug-likeness (QED) is 0.779. The molecule has 1 aromatic heterocycles. The van der Waals surface area contributed by atoms with Gasteiger partial charge in [-0.3, -0.25) is 0 Å². The number of anilines is 2. The lowest BCUT2D eigenvalue weighted by Crippen LogP contribution is -1.96. The van der Waals surface area contributed by atoms with Crippen molar-refractivity contribution in [3.63, 3.8) is 0 Å². The summed E-state index contributed by atoms with van der Waals surface area (Å²) in [6, 6.07) is 17.2. The van der Waals surface area contributed by atoms with Crippen LogP contribution in [0.1, 0.15) is 5.56 Å². The molecule has 3 rings (SSSR count). The van der Waals surface area contributed by atoms with E-state index in [1.807, 2.05) is 36.4 Å². The van der Waals surface area contributed by atoms with Crippen LogP contribution in [0.3, 0.4) is 0 Å². The Hall–Kier alpha value is -2.64. The summed E-state index contributed by atoms with van der Waals surface area (Å²) in [7, 11) is 0. The fourth-order valence-corrected chi connectivity index (χ4v) is 1.91. The molecule has 0 saturated carbocycles. The maximum Gasteiger partial charge on any atom is 0.141 e. The fourth-order valence-electron chi connectivity index (χ4n) is 1.91. The molecule has 1 heterocycles. The van der Waals surface area contributed by atoms with Gasteiger partial charge in [0.05, 0.1) is 17.1 Å². The molecular formula is C15H11ClN4. The molecule has 98 valence electrons. The van der Waals surface area contributed by atoms with E-state index in [2.05, 4.69) is 21.4 Å². The largest absolute Gasteiger partial charge is 0.340 e. The summed E-state index contributed by atoms with van der Waals surface area (Å²) < 4.78 is 0. The van der Waals surface area contributed by atoms with Crippen molar-refractivity contribution in [3.05, 3.63) is 60.4 Å². The van der Waals surface area contributed by atoms with Gasteiger partial charge in [0.1, 0.15) is 12.1 Å². The molecule has 0 spiro atoms. The molecular weight excluding hydrogens is 272 g/mol. The van der Waals surface area contributed by atoms with Gasteiger partial charge in [0, 0.05) is 11.1 Å². The molecule has 0 bridgehead atoms. The number of hydrogen-bond donors (Lipinski definition) is 1. The second-order valence-corrected chi connectivity index (χ2v) is 4.06. The van der Waals surface area contributed by atoms with Gasteiger partial charge in [-0.2, -0.15) is 5.26 Å². The molecule has 0 radical (unpaired) electrons. The van der Waals surface area contributed by atoms with Crippen molar-refractivity contribution in [1.82, 2.24) is 9.97 Å². The van der Waals surface area contributed by atoms with Crippen molar-refractivity contribution in [2.24, 2.45) is 0 Å². The van der Waals surface area contributed by atoms with Gasteiger partial charge in [0.2, 0.25) is 0 Å². The second kappa shape index (κ2) is 6.00. The molecule has 0 fully saturated rings. The van der Waals surface area contributed by atoms with E-state index in [4.69, 9.17) is 5.26 Å². The van der Waals surface area contributed by atoms with Crippen molar-refractivity contribution in [2.45, 2.75) is 0 Å². The van der Waals surface area contributed by atoms with E-state index in [0.717, 1.165) is 22.4 Å². The van der Waals surface area contributed by atoms with Crippen LogP contribution in [0.5, 0.6) is 0 Å². The Kier molecular flexibility index (Phi) is 4.14. The minimum absolute atomic E-state index is 0. The monoisotopic (exact) mass is 282 g/mol.